The fourth-order valence-corrected chi connectivity index (χ4v) is 2.01. The quantitative estimate of drug-likeness (QED) is 0.697. The zero-order valence-corrected chi connectivity index (χ0v) is 11.6. The summed E-state index contributed by atoms with van der Waals surface area (Å²) in [6, 6.07) is 7.68. The van der Waals surface area contributed by atoms with E-state index in [-0.39, 0.29) is 17.3 Å². The van der Waals surface area contributed by atoms with Crippen molar-refractivity contribution in [3.63, 3.8) is 0 Å². The van der Waals surface area contributed by atoms with Crippen molar-refractivity contribution in [2.75, 3.05) is 0 Å². The summed E-state index contributed by atoms with van der Waals surface area (Å²) in [5, 5.41) is 7.95. The van der Waals surface area contributed by atoms with Crippen LogP contribution in [0, 0.1) is 0 Å². The van der Waals surface area contributed by atoms with Gasteiger partial charge in [0.05, 0.1) is 21.7 Å². The lowest BCUT2D eigenvalue weighted by Gasteiger charge is -2.05. The third-order valence-corrected chi connectivity index (χ3v) is 3.17. The lowest BCUT2D eigenvalue weighted by Crippen LogP contribution is -2.05. The first-order valence-corrected chi connectivity index (χ1v) is 6.44. The Morgan fingerprint density at radius 1 is 1.00 bits per heavy atom. The first-order chi connectivity index (χ1) is 10.4. The Kier molecular flexibility index (Phi) is 3.58. The normalized spacial score (nSPS) is 11.6. The van der Waals surface area contributed by atoms with Crippen LogP contribution in [0.25, 0.3) is 22.9 Å². The van der Waals surface area contributed by atoms with E-state index in [1.165, 1.54) is 6.20 Å². The van der Waals surface area contributed by atoms with Gasteiger partial charge in [0.1, 0.15) is 0 Å². The predicted octanol–water partition coefficient (Wildman–Crippen LogP) is 4.47. The predicted molar refractivity (Wildman–Crippen MR) is 73.0 cm³/mol. The molecular weight excluding hydrogens is 319 g/mol. The van der Waals surface area contributed by atoms with Gasteiger partial charge in [-0.2, -0.15) is 13.2 Å². The minimum Gasteiger partial charge on any atom is -0.416 e. The largest absolute Gasteiger partial charge is 0.417 e. The number of alkyl halides is 3. The van der Waals surface area contributed by atoms with Gasteiger partial charge in [0.15, 0.2) is 0 Å². The van der Waals surface area contributed by atoms with Gasteiger partial charge >= 0.3 is 6.18 Å². The maximum Gasteiger partial charge on any atom is 0.417 e. The van der Waals surface area contributed by atoms with Crippen LogP contribution in [-0.2, 0) is 6.18 Å². The molecule has 4 nitrogen and oxygen atoms in total. The van der Waals surface area contributed by atoms with Gasteiger partial charge in [0, 0.05) is 12.4 Å². The maximum absolute atomic E-state index is 12.7. The number of pyridine rings is 1. The number of halogens is 4. The second-order valence-electron chi connectivity index (χ2n) is 4.35. The number of nitrogens with zero attached hydrogens (tertiary/aromatic N) is 3. The number of hydrogen-bond acceptors (Lipinski definition) is 4. The van der Waals surface area contributed by atoms with E-state index in [1.54, 1.807) is 24.3 Å². The van der Waals surface area contributed by atoms with Crippen LogP contribution in [0.1, 0.15) is 5.56 Å². The highest BCUT2D eigenvalue weighted by Gasteiger charge is 2.31. The van der Waals surface area contributed by atoms with Crippen molar-refractivity contribution in [1.29, 1.82) is 0 Å². The fraction of sp³-hybridized carbons (Fsp3) is 0.0714. The Labute approximate surface area is 127 Å². The molecule has 0 aliphatic rings. The van der Waals surface area contributed by atoms with Gasteiger partial charge in [0.25, 0.3) is 0 Å². The molecule has 8 heteroatoms. The summed E-state index contributed by atoms with van der Waals surface area (Å²) in [5.41, 5.74) is -0.300. The molecule has 0 spiro atoms. The van der Waals surface area contributed by atoms with E-state index in [1.807, 2.05) is 0 Å². The molecule has 3 aromatic rings. The average Bonchev–Trinajstić information content (AvgIpc) is 2.97. The summed E-state index contributed by atoms with van der Waals surface area (Å²) >= 11 is 6.01. The van der Waals surface area contributed by atoms with Crippen molar-refractivity contribution < 1.29 is 17.6 Å². The summed E-state index contributed by atoms with van der Waals surface area (Å²) in [6.07, 6.45) is -2.54. The average molecular weight is 326 g/mol. The van der Waals surface area contributed by atoms with Crippen molar-refractivity contribution in [2.24, 2.45) is 0 Å². The Morgan fingerprint density at radius 2 is 1.73 bits per heavy atom. The fourth-order valence-electron chi connectivity index (χ4n) is 1.80. The molecule has 0 unspecified atom stereocenters. The third kappa shape index (κ3) is 2.80. The van der Waals surface area contributed by atoms with Crippen LogP contribution in [-0.4, -0.2) is 15.2 Å². The Bertz CT molecular complexity index is 817. The SMILES string of the molecule is FC(F)(F)c1cncc(-c2nnc(-c3ccccc3Cl)o2)c1. The highest BCUT2D eigenvalue weighted by atomic mass is 35.5. The molecule has 22 heavy (non-hydrogen) atoms. The van der Waals surface area contributed by atoms with Gasteiger partial charge in [-0.15, -0.1) is 10.2 Å². The summed E-state index contributed by atoms with van der Waals surface area (Å²) in [4.78, 5) is 3.55. The molecule has 0 bridgehead atoms. The van der Waals surface area contributed by atoms with E-state index in [4.69, 9.17) is 16.0 Å². The van der Waals surface area contributed by atoms with E-state index in [0.717, 1.165) is 12.3 Å². The second-order valence-corrected chi connectivity index (χ2v) is 4.76. The lowest BCUT2D eigenvalue weighted by molar-refractivity contribution is -0.137. The zero-order chi connectivity index (χ0) is 15.7. The van der Waals surface area contributed by atoms with Gasteiger partial charge in [-0.1, -0.05) is 23.7 Å². The highest BCUT2D eigenvalue weighted by Crippen LogP contribution is 2.32. The Morgan fingerprint density at radius 3 is 2.45 bits per heavy atom. The minimum absolute atomic E-state index is 0.0616. The molecule has 0 aliphatic carbocycles. The number of aromatic nitrogens is 3. The number of rotatable bonds is 2. The molecule has 2 heterocycles. The van der Waals surface area contributed by atoms with Gasteiger partial charge < -0.3 is 4.42 Å². The first-order valence-electron chi connectivity index (χ1n) is 6.06. The molecule has 0 fully saturated rings. The third-order valence-electron chi connectivity index (χ3n) is 2.84. The molecule has 0 amide bonds. The van der Waals surface area contributed by atoms with E-state index < -0.39 is 11.7 Å². The molecule has 0 N–H and O–H groups in total. The van der Waals surface area contributed by atoms with Gasteiger partial charge in [-0.25, -0.2) is 0 Å². The molecule has 1 aromatic carbocycles. The first kappa shape index (κ1) is 14.5. The lowest BCUT2D eigenvalue weighted by atomic mass is 10.2. The number of hydrogen-bond donors (Lipinski definition) is 0. The molecule has 3 rings (SSSR count). The summed E-state index contributed by atoms with van der Waals surface area (Å²) in [7, 11) is 0. The van der Waals surface area contributed by atoms with Crippen LogP contribution in [0.4, 0.5) is 13.2 Å². The van der Waals surface area contributed by atoms with Gasteiger partial charge in [-0.3, -0.25) is 4.98 Å². The van der Waals surface area contributed by atoms with Gasteiger partial charge in [-0.05, 0) is 18.2 Å². The van der Waals surface area contributed by atoms with Crippen LogP contribution in [0.5, 0.6) is 0 Å². The Balaban J connectivity index is 2.00. The van der Waals surface area contributed by atoms with E-state index in [0.29, 0.717) is 10.6 Å². The van der Waals surface area contributed by atoms with Crippen LogP contribution in [0.2, 0.25) is 5.02 Å². The van der Waals surface area contributed by atoms with Crippen molar-refractivity contribution in [1.82, 2.24) is 15.2 Å². The Hall–Kier alpha value is -2.41. The smallest absolute Gasteiger partial charge is 0.416 e. The molecular formula is C14H7ClF3N3O. The molecule has 0 saturated heterocycles. The van der Waals surface area contributed by atoms with Crippen LogP contribution in [0.3, 0.4) is 0 Å². The van der Waals surface area contributed by atoms with Crippen molar-refractivity contribution in [3.8, 4) is 22.9 Å². The van der Waals surface area contributed by atoms with E-state index in [9.17, 15) is 13.2 Å². The molecule has 0 aliphatic heterocycles. The topological polar surface area (TPSA) is 51.8 Å². The summed E-state index contributed by atoms with van der Waals surface area (Å²) in [5.74, 6) is 0.0616. The zero-order valence-electron chi connectivity index (χ0n) is 10.8. The van der Waals surface area contributed by atoms with E-state index in [2.05, 4.69) is 15.2 Å². The van der Waals surface area contributed by atoms with Crippen LogP contribution >= 0.6 is 11.6 Å². The monoisotopic (exact) mass is 325 g/mol. The number of benzene rings is 1. The second kappa shape index (κ2) is 5.42. The summed E-state index contributed by atoms with van der Waals surface area (Å²) < 4.78 is 43.4. The van der Waals surface area contributed by atoms with E-state index >= 15 is 0 Å². The highest BCUT2D eigenvalue weighted by molar-refractivity contribution is 6.33. The van der Waals surface area contributed by atoms with Crippen molar-refractivity contribution in [2.45, 2.75) is 6.18 Å². The van der Waals surface area contributed by atoms with Crippen LogP contribution < -0.4 is 0 Å². The molecule has 112 valence electrons. The molecule has 0 radical (unpaired) electrons. The molecule has 0 saturated carbocycles. The van der Waals surface area contributed by atoms with Crippen molar-refractivity contribution >= 4 is 11.6 Å². The standard InChI is InChI=1S/C14H7ClF3N3O/c15-11-4-2-1-3-10(11)13-21-20-12(22-13)8-5-9(7-19-6-8)14(16,17)18/h1-7H. The van der Waals surface area contributed by atoms with Gasteiger partial charge in [0.2, 0.25) is 11.8 Å². The minimum atomic E-state index is -4.49. The molecule has 0 atom stereocenters. The molecule has 2 aromatic heterocycles. The maximum atomic E-state index is 12.7. The van der Waals surface area contributed by atoms with Crippen molar-refractivity contribution in [3.05, 3.63) is 53.3 Å². The summed E-state index contributed by atoms with van der Waals surface area (Å²) in [6.45, 7) is 0. The van der Waals surface area contributed by atoms with Crippen LogP contribution in [0.15, 0.2) is 47.1 Å².